The van der Waals surface area contributed by atoms with E-state index < -0.39 is 0 Å². The molecule has 1 amide bonds. The van der Waals surface area contributed by atoms with E-state index in [9.17, 15) is 4.79 Å². The molecule has 3 aromatic carbocycles. The Bertz CT molecular complexity index is 924. The van der Waals surface area contributed by atoms with Gasteiger partial charge >= 0.3 is 0 Å². The van der Waals surface area contributed by atoms with Crippen molar-refractivity contribution >= 4 is 45.7 Å². The van der Waals surface area contributed by atoms with Crippen LogP contribution in [0.3, 0.4) is 0 Å². The van der Waals surface area contributed by atoms with Crippen molar-refractivity contribution in [3.05, 3.63) is 70.2 Å². The van der Waals surface area contributed by atoms with Crippen molar-refractivity contribution in [3.8, 4) is 0 Å². The Morgan fingerprint density at radius 1 is 1.04 bits per heavy atom. The van der Waals surface area contributed by atoms with Gasteiger partial charge in [-0.3, -0.25) is 4.79 Å². The van der Waals surface area contributed by atoms with Crippen molar-refractivity contribution in [2.24, 2.45) is 0 Å². The van der Waals surface area contributed by atoms with Gasteiger partial charge in [-0.25, -0.2) is 0 Å². The Morgan fingerprint density at radius 2 is 1.68 bits per heavy atom. The summed E-state index contributed by atoms with van der Waals surface area (Å²) in [6.07, 6.45) is 0. The number of halogens is 1. The highest BCUT2D eigenvalue weighted by Gasteiger charge is 2.11. The third-order valence-corrected chi connectivity index (χ3v) is 5.49. The first kappa shape index (κ1) is 17.8. The molecule has 0 atom stereocenters. The molecule has 2 nitrogen and oxygen atoms in total. The number of thioether (sulfide) groups is 1. The lowest BCUT2D eigenvalue weighted by Crippen LogP contribution is -2.16. The molecule has 0 saturated carbocycles. The fourth-order valence-electron chi connectivity index (χ4n) is 3.08. The molecule has 0 heterocycles. The van der Waals surface area contributed by atoms with E-state index in [1.807, 2.05) is 50.2 Å². The largest absolute Gasteiger partial charge is 0.325 e. The van der Waals surface area contributed by atoms with Crippen molar-refractivity contribution in [3.63, 3.8) is 0 Å². The predicted molar refractivity (Wildman–Crippen MR) is 109 cm³/mol. The average molecular weight is 370 g/mol. The topological polar surface area (TPSA) is 29.1 Å². The Hall–Kier alpha value is -1.97. The summed E-state index contributed by atoms with van der Waals surface area (Å²) in [6, 6.07) is 16.1. The number of nitrogens with one attached hydrogen (secondary N) is 1. The summed E-state index contributed by atoms with van der Waals surface area (Å²) in [5.41, 5.74) is 4.29. The SMILES string of the molecule is Cc1cc(C)c(NC(=O)CSc2cccc3cccc(Cl)c23)c(C)c1. The molecule has 0 aliphatic rings. The van der Waals surface area contributed by atoms with Crippen molar-refractivity contribution < 1.29 is 4.79 Å². The Morgan fingerprint density at radius 3 is 2.36 bits per heavy atom. The summed E-state index contributed by atoms with van der Waals surface area (Å²) in [7, 11) is 0. The predicted octanol–water partition coefficient (Wildman–Crippen LogP) is 6.15. The van der Waals surface area contributed by atoms with Gasteiger partial charge in [-0.05, 0) is 49.4 Å². The van der Waals surface area contributed by atoms with Crippen LogP contribution in [-0.2, 0) is 4.79 Å². The number of hydrogen-bond donors (Lipinski definition) is 1. The zero-order chi connectivity index (χ0) is 18.0. The molecule has 0 spiro atoms. The van der Waals surface area contributed by atoms with Crippen LogP contribution in [0.25, 0.3) is 10.8 Å². The van der Waals surface area contributed by atoms with Crippen LogP contribution in [0.4, 0.5) is 5.69 Å². The second-order valence-corrected chi connectivity index (χ2v) is 7.63. The molecular weight excluding hydrogens is 350 g/mol. The fourth-order valence-corrected chi connectivity index (χ4v) is 4.32. The summed E-state index contributed by atoms with van der Waals surface area (Å²) in [4.78, 5) is 13.5. The monoisotopic (exact) mass is 369 g/mol. The summed E-state index contributed by atoms with van der Waals surface area (Å²) in [6.45, 7) is 6.10. The quantitative estimate of drug-likeness (QED) is 0.559. The van der Waals surface area contributed by atoms with Crippen LogP contribution in [0.15, 0.2) is 53.4 Å². The second kappa shape index (κ2) is 7.51. The first-order valence-electron chi connectivity index (χ1n) is 8.13. The van der Waals surface area contributed by atoms with Crippen molar-refractivity contribution in [2.75, 3.05) is 11.1 Å². The molecule has 0 unspecified atom stereocenters. The molecule has 0 fully saturated rings. The van der Waals surface area contributed by atoms with Crippen LogP contribution in [0.5, 0.6) is 0 Å². The van der Waals surface area contributed by atoms with Crippen LogP contribution < -0.4 is 5.32 Å². The zero-order valence-electron chi connectivity index (χ0n) is 14.5. The molecule has 0 radical (unpaired) electrons. The molecule has 3 rings (SSSR count). The van der Waals surface area contributed by atoms with Gasteiger partial charge in [-0.1, -0.05) is 53.6 Å². The van der Waals surface area contributed by atoms with Gasteiger partial charge < -0.3 is 5.32 Å². The third kappa shape index (κ3) is 4.00. The van der Waals surface area contributed by atoms with E-state index in [1.165, 1.54) is 17.3 Å². The molecule has 0 aliphatic carbocycles. The van der Waals surface area contributed by atoms with Gasteiger partial charge in [0, 0.05) is 21.0 Å². The summed E-state index contributed by atoms with van der Waals surface area (Å²) < 4.78 is 0. The molecule has 3 aromatic rings. The molecule has 25 heavy (non-hydrogen) atoms. The van der Waals surface area contributed by atoms with Crippen molar-refractivity contribution in [1.82, 2.24) is 0 Å². The van der Waals surface area contributed by atoms with Gasteiger partial charge in [0.2, 0.25) is 5.91 Å². The first-order valence-corrected chi connectivity index (χ1v) is 9.50. The molecule has 4 heteroatoms. The van der Waals surface area contributed by atoms with Crippen LogP contribution >= 0.6 is 23.4 Å². The minimum Gasteiger partial charge on any atom is -0.325 e. The Labute approximate surface area is 157 Å². The van der Waals surface area contributed by atoms with Crippen LogP contribution in [0.2, 0.25) is 5.02 Å². The maximum absolute atomic E-state index is 12.4. The molecule has 128 valence electrons. The van der Waals surface area contributed by atoms with E-state index >= 15 is 0 Å². The van der Waals surface area contributed by atoms with Gasteiger partial charge in [0.25, 0.3) is 0 Å². The van der Waals surface area contributed by atoms with E-state index in [0.717, 1.165) is 32.5 Å². The molecular formula is C21H20ClNOS. The average Bonchev–Trinajstić information content (AvgIpc) is 2.56. The highest BCUT2D eigenvalue weighted by Crippen LogP contribution is 2.33. The number of carbonyl (C=O) groups excluding carboxylic acids is 1. The number of amides is 1. The van der Waals surface area contributed by atoms with E-state index in [-0.39, 0.29) is 5.91 Å². The smallest absolute Gasteiger partial charge is 0.234 e. The van der Waals surface area contributed by atoms with E-state index in [2.05, 4.69) is 24.4 Å². The highest BCUT2D eigenvalue weighted by atomic mass is 35.5. The van der Waals surface area contributed by atoms with Crippen molar-refractivity contribution in [2.45, 2.75) is 25.7 Å². The summed E-state index contributed by atoms with van der Waals surface area (Å²) in [5.74, 6) is 0.334. The number of anilines is 1. The van der Waals surface area contributed by atoms with E-state index in [4.69, 9.17) is 11.6 Å². The van der Waals surface area contributed by atoms with Gasteiger partial charge in [-0.2, -0.15) is 0 Å². The first-order chi connectivity index (χ1) is 12.0. The van der Waals surface area contributed by atoms with E-state index in [0.29, 0.717) is 10.8 Å². The minimum atomic E-state index is -0.0101. The maximum Gasteiger partial charge on any atom is 0.234 e. The molecule has 0 saturated heterocycles. The Balaban J connectivity index is 1.76. The maximum atomic E-state index is 12.4. The number of rotatable bonds is 4. The van der Waals surface area contributed by atoms with Crippen molar-refractivity contribution in [1.29, 1.82) is 0 Å². The number of aryl methyl sites for hydroxylation is 3. The minimum absolute atomic E-state index is 0.0101. The number of fused-ring (bicyclic) bond motifs is 1. The lowest BCUT2D eigenvalue weighted by Gasteiger charge is -2.13. The summed E-state index contributed by atoms with van der Waals surface area (Å²) >= 11 is 7.86. The van der Waals surface area contributed by atoms with E-state index in [1.54, 1.807) is 0 Å². The number of benzene rings is 3. The number of carbonyl (C=O) groups is 1. The summed E-state index contributed by atoms with van der Waals surface area (Å²) in [5, 5.41) is 5.85. The van der Waals surface area contributed by atoms with Gasteiger partial charge in [-0.15, -0.1) is 11.8 Å². The standard InChI is InChI=1S/C21H20ClNOS/c1-13-10-14(2)21(15(3)11-13)23-19(24)12-25-18-9-5-7-16-6-4-8-17(22)20(16)18/h4-11H,12H2,1-3H3,(H,23,24). The van der Waals surface area contributed by atoms with Gasteiger partial charge in [0.05, 0.1) is 5.75 Å². The van der Waals surface area contributed by atoms with Crippen LogP contribution in [0.1, 0.15) is 16.7 Å². The molecule has 0 bridgehead atoms. The zero-order valence-corrected chi connectivity index (χ0v) is 16.1. The Kier molecular flexibility index (Phi) is 5.36. The normalized spacial score (nSPS) is 10.9. The van der Waals surface area contributed by atoms with Crippen LogP contribution in [-0.4, -0.2) is 11.7 Å². The highest BCUT2D eigenvalue weighted by molar-refractivity contribution is 8.00. The lowest BCUT2D eigenvalue weighted by molar-refractivity contribution is -0.113. The third-order valence-electron chi connectivity index (χ3n) is 4.12. The number of hydrogen-bond acceptors (Lipinski definition) is 2. The van der Waals surface area contributed by atoms with Gasteiger partial charge in [0.15, 0.2) is 0 Å². The van der Waals surface area contributed by atoms with Gasteiger partial charge in [0.1, 0.15) is 0 Å². The fraction of sp³-hybridized carbons (Fsp3) is 0.190. The molecule has 0 aliphatic heterocycles. The second-order valence-electron chi connectivity index (χ2n) is 6.20. The van der Waals surface area contributed by atoms with Crippen LogP contribution in [0, 0.1) is 20.8 Å². The molecule has 0 aromatic heterocycles. The molecule has 1 N–H and O–H groups in total. The lowest BCUT2D eigenvalue weighted by atomic mass is 10.1.